The van der Waals surface area contributed by atoms with Gasteiger partial charge < -0.3 is 10.4 Å². The Labute approximate surface area is 153 Å². The molecule has 3 nitrogen and oxygen atoms in total. The fraction of sp³-hybridized carbons (Fsp3) is 0.591. The van der Waals surface area contributed by atoms with Crippen LogP contribution in [0.25, 0.3) is 6.08 Å². The summed E-state index contributed by atoms with van der Waals surface area (Å²) in [5.41, 5.74) is 1.51. The average Bonchev–Trinajstić information content (AvgIpc) is 2.63. The fourth-order valence-corrected chi connectivity index (χ4v) is 2.98. The Morgan fingerprint density at radius 3 is 2.20 bits per heavy atom. The van der Waals surface area contributed by atoms with Crippen molar-refractivity contribution in [2.45, 2.75) is 77.6 Å². The highest BCUT2D eigenvalue weighted by atomic mass is 16.3. The quantitative estimate of drug-likeness (QED) is 0.336. The Hall–Kier alpha value is -1.61. The molecule has 1 aromatic carbocycles. The molecule has 2 N–H and O–H groups in total. The van der Waals surface area contributed by atoms with Crippen LogP contribution in [-0.4, -0.2) is 17.7 Å². The first-order valence-electron chi connectivity index (χ1n) is 9.94. The van der Waals surface area contributed by atoms with E-state index in [2.05, 4.69) is 18.3 Å². The predicted molar refractivity (Wildman–Crippen MR) is 106 cm³/mol. The van der Waals surface area contributed by atoms with Crippen LogP contribution in [0, 0.1) is 0 Å². The predicted octanol–water partition coefficient (Wildman–Crippen LogP) is 5.69. The SMILES string of the molecule is CCCCCCCCCCCCC=Cc1ccccc1C(=O)NCO. The summed E-state index contributed by atoms with van der Waals surface area (Å²) in [6.07, 6.45) is 18.7. The van der Waals surface area contributed by atoms with Crippen LogP contribution in [-0.2, 0) is 0 Å². The van der Waals surface area contributed by atoms with Crippen molar-refractivity contribution in [2.24, 2.45) is 0 Å². The van der Waals surface area contributed by atoms with Crippen molar-refractivity contribution in [1.29, 1.82) is 0 Å². The van der Waals surface area contributed by atoms with Crippen LogP contribution in [0.1, 0.15) is 93.5 Å². The molecule has 0 fully saturated rings. The van der Waals surface area contributed by atoms with E-state index in [9.17, 15) is 4.79 Å². The van der Waals surface area contributed by atoms with Gasteiger partial charge in [-0.15, -0.1) is 0 Å². The minimum atomic E-state index is -0.338. The zero-order valence-electron chi connectivity index (χ0n) is 15.8. The maximum atomic E-state index is 11.9. The fourth-order valence-electron chi connectivity index (χ4n) is 2.98. The number of nitrogens with one attached hydrogen (secondary N) is 1. The van der Waals surface area contributed by atoms with E-state index in [0.29, 0.717) is 5.56 Å². The van der Waals surface area contributed by atoms with E-state index in [1.807, 2.05) is 24.3 Å². The second-order valence-electron chi connectivity index (χ2n) is 6.62. The van der Waals surface area contributed by atoms with Gasteiger partial charge >= 0.3 is 0 Å². The van der Waals surface area contributed by atoms with Crippen molar-refractivity contribution in [2.75, 3.05) is 6.73 Å². The molecular formula is C22H35NO2. The van der Waals surface area contributed by atoms with Crippen LogP contribution in [0.4, 0.5) is 0 Å². The number of hydrogen-bond acceptors (Lipinski definition) is 2. The number of carbonyl (C=O) groups is 1. The van der Waals surface area contributed by atoms with E-state index in [-0.39, 0.29) is 12.6 Å². The average molecular weight is 346 g/mol. The highest BCUT2D eigenvalue weighted by Crippen LogP contribution is 2.14. The van der Waals surface area contributed by atoms with Crippen molar-refractivity contribution in [3.8, 4) is 0 Å². The summed E-state index contributed by atoms with van der Waals surface area (Å²) in [6.45, 7) is 1.92. The van der Waals surface area contributed by atoms with Gasteiger partial charge in [-0.2, -0.15) is 0 Å². The van der Waals surface area contributed by atoms with Gasteiger partial charge in [-0.05, 0) is 24.5 Å². The van der Waals surface area contributed by atoms with E-state index < -0.39 is 0 Å². The topological polar surface area (TPSA) is 49.3 Å². The highest BCUT2D eigenvalue weighted by Gasteiger charge is 2.07. The molecule has 0 spiro atoms. The molecule has 140 valence electrons. The van der Waals surface area contributed by atoms with Crippen molar-refractivity contribution >= 4 is 12.0 Å². The lowest BCUT2D eigenvalue weighted by atomic mass is 10.0. The summed E-state index contributed by atoms with van der Waals surface area (Å²) in [5, 5.41) is 11.3. The van der Waals surface area contributed by atoms with Gasteiger partial charge in [-0.3, -0.25) is 4.79 Å². The first-order valence-corrected chi connectivity index (χ1v) is 9.94. The molecule has 1 aromatic rings. The largest absolute Gasteiger partial charge is 0.376 e. The Morgan fingerprint density at radius 1 is 0.960 bits per heavy atom. The monoisotopic (exact) mass is 345 g/mol. The van der Waals surface area contributed by atoms with Crippen LogP contribution in [0.5, 0.6) is 0 Å². The lowest BCUT2D eigenvalue weighted by Gasteiger charge is -2.05. The molecule has 0 heterocycles. The van der Waals surface area contributed by atoms with E-state index in [1.54, 1.807) is 6.07 Å². The molecule has 0 radical (unpaired) electrons. The third-order valence-corrected chi connectivity index (χ3v) is 4.47. The number of benzene rings is 1. The lowest BCUT2D eigenvalue weighted by molar-refractivity contribution is 0.0910. The maximum Gasteiger partial charge on any atom is 0.253 e. The molecule has 0 aromatic heterocycles. The molecule has 0 aliphatic carbocycles. The first-order chi connectivity index (χ1) is 12.3. The number of allylic oxidation sites excluding steroid dienone is 1. The van der Waals surface area contributed by atoms with Gasteiger partial charge in [0.05, 0.1) is 0 Å². The number of aliphatic hydroxyl groups is 1. The summed E-state index contributed by atoms with van der Waals surface area (Å²) in [4.78, 5) is 11.9. The number of unbranched alkanes of at least 4 members (excludes halogenated alkanes) is 10. The molecule has 0 aliphatic rings. The normalized spacial score (nSPS) is 11.1. The third-order valence-electron chi connectivity index (χ3n) is 4.47. The molecule has 25 heavy (non-hydrogen) atoms. The van der Waals surface area contributed by atoms with Gasteiger partial charge in [0, 0.05) is 5.56 Å². The summed E-state index contributed by atoms with van der Waals surface area (Å²) in [6, 6.07) is 7.48. The molecule has 1 rings (SSSR count). The molecule has 0 saturated heterocycles. The lowest BCUT2D eigenvalue weighted by Crippen LogP contribution is -2.24. The Kier molecular flexibility index (Phi) is 12.6. The molecule has 1 amide bonds. The van der Waals surface area contributed by atoms with Gasteiger partial charge in [0.1, 0.15) is 6.73 Å². The van der Waals surface area contributed by atoms with Gasteiger partial charge in [0.2, 0.25) is 0 Å². The van der Waals surface area contributed by atoms with Crippen LogP contribution in [0.2, 0.25) is 0 Å². The molecule has 0 bridgehead atoms. The van der Waals surface area contributed by atoms with E-state index >= 15 is 0 Å². The number of amides is 1. The molecule has 0 saturated carbocycles. The molecular weight excluding hydrogens is 310 g/mol. The van der Waals surface area contributed by atoms with Gasteiger partial charge in [-0.1, -0.05) is 95.1 Å². The second-order valence-corrected chi connectivity index (χ2v) is 6.62. The molecule has 0 atom stereocenters. The summed E-state index contributed by atoms with van der Waals surface area (Å²) >= 11 is 0. The van der Waals surface area contributed by atoms with Crippen molar-refractivity contribution in [3.05, 3.63) is 41.5 Å². The summed E-state index contributed by atoms with van der Waals surface area (Å²) in [7, 11) is 0. The zero-order valence-corrected chi connectivity index (χ0v) is 15.8. The highest BCUT2D eigenvalue weighted by molar-refractivity contribution is 5.97. The molecule has 0 aliphatic heterocycles. The molecule has 0 unspecified atom stereocenters. The van der Waals surface area contributed by atoms with E-state index in [4.69, 9.17) is 5.11 Å². The van der Waals surface area contributed by atoms with E-state index in [0.717, 1.165) is 12.0 Å². The van der Waals surface area contributed by atoms with Crippen LogP contribution >= 0.6 is 0 Å². The smallest absolute Gasteiger partial charge is 0.253 e. The van der Waals surface area contributed by atoms with Crippen molar-refractivity contribution < 1.29 is 9.90 Å². The number of hydrogen-bond donors (Lipinski definition) is 2. The van der Waals surface area contributed by atoms with Crippen molar-refractivity contribution in [3.63, 3.8) is 0 Å². The Balaban J connectivity index is 2.15. The van der Waals surface area contributed by atoms with Gasteiger partial charge in [-0.25, -0.2) is 0 Å². The minimum absolute atomic E-state index is 0.235. The van der Waals surface area contributed by atoms with Gasteiger partial charge in [0.15, 0.2) is 0 Å². The van der Waals surface area contributed by atoms with Crippen LogP contribution in [0.15, 0.2) is 30.3 Å². The number of carbonyl (C=O) groups excluding carboxylic acids is 1. The second kappa shape index (κ2) is 14.7. The van der Waals surface area contributed by atoms with Gasteiger partial charge in [0.25, 0.3) is 5.91 Å². The van der Waals surface area contributed by atoms with E-state index in [1.165, 1.54) is 64.2 Å². The molecule has 3 heteroatoms. The Bertz CT molecular complexity index is 497. The van der Waals surface area contributed by atoms with Crippen LogP contribution in [0.3, 0.4) is 0 Å². The van der Waals surface area contributed by atoms with Crippen LogP contribution < -0.4 is 5.32 Å². The third kappa shape index (κ3) is 10.1. The maximum absolute atomic E-state index is 11.9. The number of aliphatic hydroxyl groups excluding tert-OH is 1. The minimum Gasteiger partial charge on any atom is -0.376 e. The standard InChI is InChI=1S/C22H35NO2/c1-2-3-4-5-6-7-8-9-10-11-12-13-16-20-17-14-15-18-21(20)22(25)23-19-24/h13-18,24H,2-12,19H2,1H3,(H,23,25). The summed E-state index contributed by atoms with van der Waals surface area (Å²) < 4.78 is 0. The zero-order chi connectivity index (χ0) is 18.2. The first kappa shape index (κ1) is 21.4. The number of rotatable bonds is 14. The van der Waals surface area contributed by atoms with Crippen molar-refractivity contribution in [1.82, 2.24) is 5.32 Å². The Morgan fingerprint density at radius 2 is 1.56 bits per heavy atom. The summed E-state index contributed by atoms with van der Waals surface area (Å²) in [5.74, 6) is -0.235.